The van der Waals surface area contributed by atoms with Crippen molar-refractivity contribution >= 4 is 22.4 Å². The van der Waals surface area contributed by atoms with Crippen LogP contribution in [0.3, 0.4) is 0 Å². The molecule has 0 unspecified atom stereocenters. The Morgan fingerprint density at radius 3 is 2.48 bits per heavy atom. The standard InChI is InChI=1S/C24H18FNO3/c1-16(17-6-5-9-21(13-17)29-20-7-3-2-4-8-20)15-26-22-11-10-19(25)12-18(22)14-23(26)24(27)28/h2-14H,1,15H2,(H,27,28). The summed E-state index contributed by atoms with van der Waals surface area (Å²) in [6, 6.07) is 22.6. The summed E-state index contributed by atoms with van der Waals surface area (Å²) in [6.45, 7) is 4.38. The fourth-order valence-electron chi connectivity index (χ4n) is 3.28. The van der Waals surface area contributed by atoms with Crippen molar-refractivity contribution < 1.29 is 19.0 Å². The molecule has 0 amide bonds. The molecule has 0 saturated heterocycles. The highest BCUT2D eigenvalue weighted by Gasteiger charge is 2.16. The van der Waals surface area contributed by atoms with Crippen molar-refractivity contribution in [1.29, 1.82) is 0 Å². The van der Waals surface area contributed by atoms with Crippen LogP contribution < -0.4 is 4.74 Å². The van der Waals surface area contributed by atoms with E-state index in [9.17, 15) is 14.3 Å². The number of aromatic carboxylic acids is 1. The molecule has 0 atom stereocenters. The highest BCUT2D eigenvalue weighted by molar-refractivity contribution is 5.95. The lowest BCUT2D eigenvalue weighted by Crippen LogP contribution is -2.09. The van der Waals surface area contributed by atoms with Gasteiger partial charge >= 0.3 is 5.97 Å². The van der Waals surface area contributed by atoms with E-state index in [0.29, 0.717) is 22.2 Å². The van der Waals surface area contributed by atoms with Gasteiger partial charge in [-0.25, -0.2) is 9.18 Å². The first-order valence-electron chi connectivity index (χ1n) is 9.04. The molecule has 0 spiro atoms. The number of carbonyl (C=O) groups is 1. The van der Waals surface area contributed by atoms with Crippen LogP contribution in [0.4, 0.5) is 4.39 Å². The molecule has 0 aliphatic heterocycles. The third-order valence-corrected chi connectivity index (χ3v) is 4.65. The largest absolute Gasteiger partial charge is 0.477 e. The van der Waals surface area contributed by atoms with Gasteiger partial charge in [-0.1, -0.05) is 36.9 Å². The molecule has 144 valence electrons. The van der Waals surface area contributed by atoms with E-state index in [4.69, 9.17) is 4.74 Å². The van der Waals surface area contributed by atoms with Crippen molar-refractivity contribution in [2.24, 2.45) is 0 Å². The van der Waals surface area contributed by atoms with Gasteiger partial charge in [0.25, 0.3) is 0 Å². The van der Waals surface area contributed by atoms with Gasteiger partial charge in [0.15, 0.2) is 0 Å². The van der Waals surface area contributed by atoms with E-state index in [2.05, 4.69) is 6.58 Å². The molecule has 0 fully saturated rings. The van der Waals surface area contributed by atoms with Crippen molar-refractivity contribution in [3.8, 4) is 11.5 Å². The molecular formula is C24H18FNO3. The van der Waals surface area contributed by atoms with E-state index in [1.54, 1.807) is 10.6 Å². The number of ether oxygens (including phenoxy) is 1. The number of halogens is 1. The Morgan fingerprint density at radius 1 is 0.966 bits per heavy atom. The Kier molecular flexibility index (Phi) is 4.87. The minimum Gasteiger partial charge on any atom is -0.477 e. The van der Waals surface area contributed by atoms with E-state index >= 15 is 0 Å². The number of hydrogen-bond donors (Lipinski definition) is 1. The number of allylic oxidation sites excluding steroid dienone is 1. The highest BCUT2D eigenvalue weighted by atomic mass is 19.1. The Hall–Kier alpha value is -3.86. The molecule has 0 radical (unpaired) electrons. The molecule has 5 heteroatoms. The number of fused-ring (bicyclic) bond motifs is 1. The summed E-state index contributed by atoms with van der Waals surface area (Å²) in [5.74, 6) is -0.0960. The van der Waals surface area contributed by atoms with Gasteiger partial charge < -0.3 is 14.4 Å². The number of para-hydroxylation sites is 1. The molecule has 4 rings (SSSR count). The Morgan fingerprint density at radius 2 is 1.72 bits per heavy atom. The Bertz CT molecular complexity index is 1210. The van der Waals surface area contributed by atoms with Gasteiger partial charge in [0.05, 0.1) is 0 Å². The monoisotopic (exact) mass is 387 g/mol. The zero-order chi connectivity index (χ0) is 20.4. The number of carboxylic acids is 1. The Balaban J connectivity index is 1.64. The maximum atomic E-state index is 13.5. The van der Waals surface area contributed by atoms with Crippen LogP contribution in [-0.4, -0.2) is 15.6 Å². The predicted octanol–water partition coefficient (Wildman–Crippen LogP) is 5.98. The molecule has 4 nitrogen and oxygen atoms in total. The van der Waals surface area contributed by atoms with E-state index in [-0.39, 0.29) is 12.2 Å². The van der Waals surface area contributed by atoms with Gasteiger partial charge in [-0.05, 0) is 59.7 Å². The number of nitrogens with zero attached hydrogens (tertiary/aromatic N) is 1. The summed E-state index contributed by atoms with van der Waals surface area (Å²) in [4.78, 5) is 11.7. The number of rotatable bonds is 6. The quantitative estimate of drug-likeness (QED) is 0.442. The van der Waals surface area contributed by atoms with Crippen LogP contribution in [0, 0.1) is 5.82 Å². The number of hydrogen-bond acceptors (Lipinski definition) is 2. The van der Waals surface area contributed by atoms with E-state index in [1.807, 2.05) is 54.6 Å². The number of benzene rings is 3. The summed E-state index contributed by atoms with van der Waals surface area (Å²) < 4.78 is 21.0. The van der Waals surface area contributed by atoms with Crippen molar-refractivity contribution in [2.75, 3.05) is 0 Å². The predicted molar refractivity (Wildman–Crippen MR) is 111 cm³/mol. The van der Waals surface area contributed by atoms with Gasteiger partial charge in [-0.3, -0.25) is 0 Å². The number of aromatic nitrogens is 1. The van der Waals surface area contributed by atoms with E-state index < -0.39 is 11.8 Å². The average molecular weight is 387 g/mol. The fourth-order valence-corrected chi connectivity index (χ4v) is 3.28. The first kappa shape index (κ1) is 18.5. The van der Waals surface area contributed by atoms with Crippen LogP contribution in [0.15, 0.2) is 85.4 Å². The molecule has 3 aromatic carbocycles. The normalized spacial score (nSPS) is 10.8. The zero-order valence-corrected chi connectivity index (χ0v) is 15.5. The van der Waals surface area contributed by atoms with Crippen molar-refractivity contribution in [2.45, 2.75) is 6.54 Å². The van der Waals surface area contributed by atoms with E-state index in [0.717, 1.165) is 11.3 Å². The average Bonchev–Trinajstić information content (AvgIpc) is 3.06. The Labute approximate surface area is 167 Å². The smallest absolute Gasteiger partial charge is 0.352 e. The molecule has 1 N–H and O–H groups in total. The zero-order valence-electron chi connectivity index (χ0n) is 15.5. The molecule has 0 aliphatic rings. The lowest BCUT2D eigenvalue weighted by molar-refractivity contribution is 0.0686. The van der Waals surface area contributed by atoms with Crippen molar-refractivity contribution in [1.82, 2.24) is 4.57 Å². The first-order chi connectivity index (χ1) is 14.0. The van der Waals surface area contributed by atoms with E-state index in [1.165, 1.54) is 18.2 Å². The van der Waals surface area contributed by atoms with Gasteiger partial charge in [0.1, 0.15) is 23.0 Å². The second-order valence-corrected chi connectivity index (χ2v) is 6.67. The summed E-state index contributed by atoms with van der Waals surface area (Å²) in [6.07, 6.45) is 0. The minimum absolute atomic E-state index is 0.0865. The molecular weight excluding hydrogens is 369 g/mol. The van der Waals surface area contributed by atoms with Crippen LogP contribution >= 0.6 is 0 Å². The molecule has 0 bridgehead atoms. The molecule has 29 heavy (non-hydrogen) atoms. The molecule has 4 aromatic rings. The molecule has 1 heterocycles. The van der Waals surface area contributed by atoms with Gasteiger partial charge in [-0.15, -0.1) is 0 Å². The summed E-state index contributed by atoms with van der Waals surface area (Å²) in [5.41, 5.74) is 2.27. The van der Waals surface area contributed by atoms with Crippen LogP contribution in [0.2, 0.25) is 0 Å². The minimum atomic E-state index is -1.07. The third kappa shape index (κ3) is 3.89. The van der Waals surface area contributed by atoms with Gasteiger partial charge in [0, 0.05) is 17.4 Å². The van der Waals surface area contributed by atoms with Crippen LogP contribution in [0.25, 0.3) is 16.5 Å². The van der Waals surface area contributed by atoms with Crippen molar-refractivity contribution in [3.63, 3.8) is 0 Å². The lowest BCUT2D eigenvalue weighted by atomic mass is 10.1. The second-order valence-electron chi connectivity index (χ2n) is 6.67. The highest BCUT2D eigenvalue weighted by Crippen LogP contribution is 2.28. The van der Waals surface area contributed by atoms with Gasteiger partial charge in [0.2, 0.25) is 0 Å². The lowest BCUT2D eigenvalue weighted by Gasteiger charge is -2.13. The van der Waals surface area contributed by atoms with Crippen molar-refractivity contribution in [3.05, 3.63) is 103 Å². The summed E-state index contributed by atoms with van der Waals surface area (Å²) in [7, 11) is 0. The molecule has 1 aromatic heterocycles. The topological polar surface area (TPSA) is 51.5 Å². The maximum absolute atomic E-state index is 13.5. The summed E-state index contributed by atoms with van der Waals surface area (Å²) in [5, 5.41) is 10.1. The SMILES string of the molecule is C=C(Cn1c(C(=O)O)cc2cc(F)ccc21)c1cccc(Oc2ccccc2)c1. The molecule has 0 aliphatic carbocycles. The van der Waals surface area contributed by atoms with Crippen LogP contribution in [0.5, 0.6) is 11.5 Å². The first-order valence-corrected chi connectivity index (χ1v) is 9.04. The fraction of sp³-hybridized carbons (Fsp3) is 0.0417. The second kappa shape index (κ2) is 7.64. The van der Waals surface area contributed by atoms with Crippen LogP contribution in [-0.2, 0) is 6.54 Å². The third-order valence-electron chi connectivity index (χ3n) is 4.65. The summed E-state index contributed by atoms with van der Waals surface area (Å²) >= 11 is 0. The van der Waals surface area contributed by atoms with Gasteiger partial charge in [-0.2, -0.15) is 0 Å². The number of carboxylic acid groups (broad SMARTS) is 1. The van der Waals surface area contributed by atoms with Crippen LogP contribution in [0.1, 0.15) is 16.1 Å². The molecule has 0 saturated carbocycles. The maximum Gasteiger partial charge on any atom is 0.352 e.